The number of rotatable bonds is 3. The lowest BCUT2D eigenvalue weighted by atomic mass is 9.94. The van der Waals surface area contributed by atoms with Gasteiger partial charge in [0, 0.05) is 29.0 Å². The van der Waals surface area contributed by atoms with Crippen LogP contribution in [0.15, 0.2) is 60.9 Å². The van der Waals surface area contributed by atoms with Crippen LogP contribution in [0.5, 0.6) is 0 Å². The van der Waals surface area contributed by atoms with Crippen LogP contribution in [-0.4, -0.2) is 15.8 Å². The number of nitrogens with two attached hydrogens (primary N) is 1. The Kier molecular flexibility index (Phi) is 3.81. The number of aromatic amines is 1. The molecule has 2 aromatic carbocycles. The van der Waals surface area contributed by atoms with Gasteiger partial charge in [-0.3, -0.25) is 4.79 Å². The van der Waals surface area contributed by atoms with Crippen molar-refractivity contribution in [2.75, 3.05) is 5.73 Å². The summed E-state index contributed by atoms with van der Waals surface area (Å²) >= 11 is 0. The minimum absolute atomic E-state index is 0.00407. The normalized spacial score (nSPS) is 11.0. The molecule has 4 nitrogen and oxygen atoms in total. The lowest BCUT2D eigenvalue weighted by Crippen LogP contribution is -2.04. The maximum absolute atomic E-state index is 13.3. The largest absolute Gasteiger partial charge is 0.399 e. The molecular formula is C22H19N3O. The Morgan fingerprint density at radius 2 is 1.88 bits per heavy atom. The van der Waals surface area contributed by atoms with Gasteiger partial charge in [0.1, 0.15) is 5.65 Å². The van der Waals surface area contributed by atoms with Crippen LogP contribution in [0.25, 0.3) is 22.2 Å². The van der Waals surface area contributed by atoms with Crippen LogP contribution < -0.4 is 5.73 Å². The SMILES string of the molecule is Cc1ccc(C)c(C(=O)c2c[nH]c3nccc(-c4cccc(N)c4)c23)c1. The third-order valence-electron chi connectivity index (χ3n) is 4.65. The van der Waals surface area contributed by atoms with E-state index < -0.39 is 0 Å². The summed E-state index contributed by atoms with van der Waals surface area (Å²) in [4.78, 5) is 20.8. The van der Waals surface area contributed by atoms with E-state index in [1.54, 1.807) is 12.4 Å². The summed E-state index contributed by atoms with van der Waals surface area (Å²) in [6.45, 7) is 3.95. The summed E-state index contributed by atoms with van der Waals surface area (Å²) < 4.78 is 0. The standard InChI is InChI=1S/C22H19N3O/c1-13-6-7-14(2)18(10-13)21(26)19-12-25-22-20(19)17(8-9-24-22)15-4-3-5-16(23)11-15/h3-12H,23H2,1-2H3,(H,24,25). The van der Waals surface area contributed by atoms with Crippen molar-refractivity contribution in [2.24, 2.45) is 0 Å². The molecule has 0 saturated heterocycles. The maximum atomic E-state index is 13.3. The molecular weight excluding hydrogens is 322 g/mol. The molecule has 3 N–H and O–H groups in total. The van der Waals surface area contributed by atoms with Gasteiger partial charge in [0.05, 0.1) is 5.56 Å². The van der Waals surface area contributed by atoms with Crippen LogP contribution >= 0.6 is 0 Å². The van der Waals surface area contributed by atoms with E-state index in [0.717, 1.165) is 27.6 Å². The lowest BCUT2D eigenvalue weighted by molar-refractivity contribution is 0.103. The minimum atomic E-state index is -0.00407. The number of aromatic nitrogens is 2. The number of aryl methyl sites for hydroxylation is 2. The third-order valence-corrected chi connectivity index (χ3v) is 4.65. The molecule has 4 rings (SSSR count). The van der Waals surface area contributed by atoms with Gasteiger partial charge in [-0.2, -0.15) is 0 Å². The van der Waals surface area contributed by atoms with Gasteiger partial charge >= 0.3 is 0 Å². The van der Waals surface area contributed by atoms with E-state index >= 15 is 0 Å². The highest BCUT2D eigenvalue weighted by Gasteiger charge is 2.19. The molecule has 0 unspecified atom stereocenters. The van der Waals surface area contributed by atoms with E-state index in [1.165, 1.54) is 0 Å². The molecule has 0 aliphatic carbocycles. The Bertz CT molecular complexity index is 1140. The zero-order chi connectivity index (χ0) is 18.3. The summed E-state index contributed by atoms with van der Waals surface area (Å²) in [6, 6.07) is 15.5. The number of carbonyl (C=O) groups is 1. The summed E-state index contributed by atoms with van der Waals surface area (Å²) in [5.74, 6) is -0.00407. The van der Waals surface area contributed by atoms with E-state index in [2.05, 4.69) is 9.97 Å². The van der Waals surface area contributed by atoms with Gasteiger partial charge in [-0.15, -0.1) is 0 Å². The van der Waals surface area contributed by atoms with Crippen LogP contribution in [0.3, 0.4) is 0 Å². The molecule has 0 aliphatic rings. The molecule has 2 heterocycles. The number of benzene rings is 2. The molecule has 26 heavy (non-hydrogen) atoms. The number of fused-ring (bicyclic) bond motifs is 1. The second-order valence-corrected chi connectivity index (χ2v) is 6.56. The maximum Gasteiger partial charge on any atom is 0.195 e. The first-order valence-corrected chi connectivity index (χ1v) is 8.48. The van der Waals surface area contributed by atoms with Gasteiger partial charge in [-0.1, -0.05) is 29.8 Å². The van der Waals surface area contributed by atoms with Crippen molar-refractivity contribution in [3.05, 3.63) is 83.2 Å². The fourth-order valence-electron chi connectivity index (χ4n) is 3.31. The highest BCUT2D eigenvalue weighted by atomic mass is 16.1. The van der Waals surface area contributed by atoms with Crippen molar-refractivity contribution in [1.29, 1.82) is 0 Å². The van der Waals surface area contributed by atoms with Gasteiger partial charge in [0.2, 0.25) is 0 Å². The number of pyridine rings is 1. The predicted octanol–water partition coefficient (Wildman–Crippen LogP) is 4.66. The molecule has 0 bridgehead atoms. The first kappa shape index (κ1) is 16.1. The minimum Gasteiger partial charge on any atom is -0.399 e. The van der Waals surface area contributed by atoms with E-state index in [4.69, 9.17) is 5.73 Å². The quantitative estimate of drug-likeness (QED) is 0.420. The number of hydrogen-bond acceptors (Lipinski definition) is 3. The van der Waals surface area contributed by atoms with Crippen molar-refractivity contribution < 1.29 is 4.79 Å². The predicted molar refractivity (Wildman–Crippen MR) is 105 cm³/mol. The van der Waals surface area contributed by atoms with Crippen molar-refractivity contribution in [3.8, 4) is 11.1 Å². The Labute approximate surface area is 151 Å². The van der Waals surface area contributed by atoms with Crippen LogP contribution in [0.4, 0.5) is 5.69 Å². The van der Waals surface area contributed by atoms with Gasteiger partial charge in [0.25, 0.3) is 0 Å². The van der Waals surface area contributed by atoms with Crippen LogP contribution in [0, 0.1) is 13.8 Å². The molecule has 2 aromatic heterocycles. The van der Waals surface area contributed by atoms with Crippen molar-refractivity contribution in [2.45, 2.75) is 13.8 Å². The van der Waals surface area contributed by atoms with E-state index in [9.17, 15) is 4.79 Å². The number of hydrogen-bond donors (Lipinski definition) is 2. The Balaban J connectivity index is 1.95. The molecule has 0 aliphatic heterocycles. The number of nitrogen functional groups attached to an aromatic ring is 1. The average molecular weight is 341 g/mol. The Morgan fingerprint density at radius 3 is 2.69 bits per heavy atom. The Hall–Kier alpha value is -3.40. The summed E-state index contributed by atoms with van der Waals surface area (Å²) in [7, 11) is 0. The Morgan fingerprint density at radius 1 is 1.04 bits per heavy atom. The van der Waals surface area contributed by atoms with E-state index in [0.29, 0.717) is 22.5 Å². The third kappa shape index (κ3) is 2.65. The first-order valence-electron chi connectivity index (χ1n) is 8.48. The smallest absolute Gasteiger partial charge is 0.195 e. The fraction of sp³-hybridized carbons (Fsp3) is 0.0909. The number of carbonyl (C=O) groups excluding carboxylic acids is 1. The number of nitrogens with zero attached hydrogens (tertiary/aromatic N) is 1. The van der Waals surface area contributed by atoms with Crippen LogP contribution in [0.2, 0.25) is 0 Å². The molecule has 0 atom stereocenters. The van der Waals surface area contributed by atoms with Gasteiger partial charge in [-0.05, 0) is 54.8 Å². The number of nitrogens with one attached hydrogen (secondary N) is 1. The summed E-state index contributed by atoms with van der Waals surface area (Å²) in [6.07, 6.45) is 3.49. The molecule has 128 valence electrons. The zero-order valence-electron chi connectivity index (χ0n) is 14.7. The van der Waals surface area contributed by atoms with Crippen LogP contribution in [0.1, 0.15) is 27.0 Å². The number of ketones is 1. The first-order chi connectivity index (χ1) is 12.5. The van der Waals surface area contributed by atoms with Gasteiger partial charge in [0.15, 0.2) is 5.78 Å². The highest BCUT2D eigenvalue weighted by Crippen LogP contribution is 2.32. The monoisotopic (exact) mass is 341 g/mol. The second kappa shape index (κ2) is 6.15. The van der Waals surface area contributed by atoms with Gasteiger partial charge < -0.3 is 10.7 Å². The van der Waals surface area contributed by atoms with E-state index in [1.807, 2.05) is 62.4 Å². The lowest BCUT2D eigenvalue weighted by Gasteiger charge is -2.09. The van der Waals surface area contributed by atoms with Crippen molar-refractivity contribution in [3.63, 3.8) is 0 Å². The second-order valence-electron chi connectivity index (χ2n) is 6.56. The van der Waals surface area contributed by atoms with Gasteiger partial charge in [-0.25, -0.2) is 4.98 Å². The molecule has 0 amide bonds. The zero-order valence-corrected chi connectivity index (χ0v) is 14.7. The molecule has 4 heteroatoms. The highest BCUT2D eigenvalue weighted by molar-refractivity contribution is 6.19. The molecule has 0 radical (unpaired) electrons. The molecule has 4 aromatic rings. The van der Waals surface area contributed by atoms with Crippen molar-refractivity contribution in [1.82, 2.24) is 9.97 Å². The molecule has 0 fully saturated rings. The fourth-order valence-corrected chi connectivity index (χ4v) is 3.31. The number of anilines is 1. The van der Waals surface area contributed by atoms with Crippen LogP contribution in [-0.2, 0) is 0 Å². The van der Waals surface area contributed by atoms with E-state index in [-0.39, 0.29) is 5.78 Å². The topological polar surface area (TPSA) is 71.8 Å². The summed E-state index contributed by atoms with van der Waals surface area (Å²) in [5.41, 5.74) is 12.6. The molecule has 0 spiro atoms. The average Bonchev–Trinajstić information content (AvgIpc) is 3.07. The molecule has 0 saturated carbocycles. The summed E-state index contributed by atoms with van der Waals surface area (Å²) in [5, 5.41) is 0.823. The van der Waals surface area contributed by atoms with Crippen molar-refractivity contribution >= 4 is 22.5 Å². The number of H-pyrrole nitrogens is 1.